The molecule has 0 N–H and O–H groups in total. The molecule has 3 rings (SSSR count). The van der Waals surface area contributed by atoms with Gasteiger partial charge in [0.05, 0.1) is 13.2 Å². The fourth-order valence-electron chi connectivity index (χ4n) is 2.85. The van der Waals surface area contributed by atoms with Gasteiger partial charge in [-0.3, -0.25) is 24.2 Å². The topological polar surface area (TPSA) is 79.4 Å². The van der Waals surface area contributed by atoms with Gasteiger partial charge in [0.1, 0.15) is 11.3 Å². The number of hydrogen-bond donors (Lipinski definition) is 0. The van der Waals surface area contributed by atoms with Gasteiger partial charge in [-0.25, -0.2) is 0 Å². The third-order valence-corrected chi connectivity index (χ3v) is 5.11. The molecule has 0 atom stereocenters. The summed E-state index contributed by atoms with van der Waals surface area (Å²) in [5.74, 6) is -0.440. The molecule has 1 aromatic rings. The molecule has 0 radical (unpaired) electrons. The molecule has 2 fully saturated rings. The van der Waals surface area contributed by atoms with Gasteiger partial charge in [-0.1, -0.05) is 12.1 Å². The standard InChI is InChI=1S/C19H21N3O5S/c1-20-17(24)15(18(25)21(2)19(20)28)11-13-3-5-14(6-4-13)27-12-16(23)22-7-9-26-10-8-22/h3-6,11H,7-10,12H2,1-2H3. The van der Waals surface area contributed by atoms with Crippen molar-refractivity contribution in [2.45, 2.75) is 0 Å². The van der Waals surface area contributed by atoms with Crippen molar-refractivity contribution in [3.05, 3.63) is 35.4 Å². The first-order chi connectivity index (χ1) is 13.4. The summed E-state index contributed by atoms with van der Waals surface area (Å²) in [4.78, 5) is 41.0. The Hall–Kier alpha value is -2.78. The van der Waals surface area contributed by atoms with Crippen LogP contribution in [0.15, 0.2) is 29.8 Å². The lowest BCUT2D eigenvalue weighted by atomic mass is 10.1. The van der Waals surface area contributed by atoms with Crippen molar-refractivity contribution in [1.82, 2.24) is 14.7 Å². The van der Waals surface area contributed by atoms with Crippen LogP contribution in [0.1, 0.15) is 5.56 Å². The summed E-state index contributed by atoms with van der Waals surface area (Å²) in [5, 5.41) is 0.167. The summed E-state index contributed by atoms with van der Waals surface area (Å²) in [6.07, 6.45) is 1.52. The van der Waals surface area contributed by atoms with Crippen molar-refractivity contribution >= 4 is 41.1 Å². The van der Waals surface area contributed by atoms with Crippen molar-refractivity contribution in [1.29, 1.82) is 0 Å². The second-order valence-electron chi connectivity index (χ2n) is 6.42. The van der Waals surface area contributed by atoms with Gasteiger partial charge in [0, 0.05) is 27.2 Å². The summed E-state index contributed by atoms with van der Waals surface area (Å²) >= 11 is 5.07. The van der Waals surface area contributed by atoms with Gasteiger partial charge >= 0.3 is 0 Å². The quantitative estimate of drug-likeness (QED) is 0.414. The van der Waals surface area contributed by atoms with E-state index < -0.39 is 11.8 Å². The zero-order valence-corrected chi connectivity index (χ0v) is 16.5. The molecular weight excluding hydrogens is 382 g/mol. The Bertz CT molecular complexity index is 804. The molecular formula is C19H21N3O5S. The minimum atomic E-state index is -0.440. The smallest absolute Gasteiger partial charge is 0.265 e. The van der Waals surface area contributed by atoms with E-state index in [1.54, 1.807) is 29.2 Å². The van der Waals surface area contributed by atoms with Gasteiger partial charge in [0.15, 0.2) is 11.7 Å². The Morgan fingerprint density at radius 1 is 1.11 bits per heavy atom. The summed E-state index contributed by atoms with van der Waals surface area (Å²) < 4.78 is 10.8. The van der Waals surface area contributed by atoms with Crippen LogP contribution < -0.4 is 4.74 Å². The summed E-state index contributed by atoms with van der Waals surface area (Å²) in [7, 11) is 3.06. The minimum absolute atomic E-state index is 0.0368. The van der Waals surface area contributed by atoms with E-state index >= 15 is 0 Å². The molecule has 0 aliphatic carbocycles. The van der Waals surface area contributed by atoms with Gasteiger partial charge < -0.3 is 14.4 Å². The highest BCUT2D eigenvalue weighted by Crippen LogP contribution is 2.20. The molecule has 148 valence electrons. The third-order valence-electron chi connectivity index (χ3n) is 4.56. The fraction of sp³-hybridized carbons (Fsp3) is 0.368. The Kier molecular flexibility index (Phi) is 6.05. The molecule has 3 amide bonds. The molecule has 1 aromatic carbocycles. The number of thiocarbonyl (C=S) groups is 1. The van der Waals surface area contributed by atoms with E-state index in [-0.39, 0.29) is 23.2 Å². The van der Waals surface area contributed by atoms with Crippen molar-refractivity contribution in [3.8, 4) is 5.75 Å². The Balaban J connectivity index is 1.64. The van der Waals surface area contributed by atoms with E-state index in [9.17, 15) is 14.4 Å². The normalized spacial score (nSPS) is 17.9. The highest BCUT2D eigenvalue weighted by Gasteiger charge is 2.35. The average molecular weight is 403 g/mol. The number of carbonyl (C=O) groups is 3. The maximum absolute atomic E-state index is 12.3. The van der Waals surface area contributed by atoms with E-state index in [4.69, 9.17) is 21.7 Å². The molecule has 0 bridgehead atoms. The molecule has 8 nitrogen and oxygen atoms in total. The van der Waals surface area contributed by atoms with E-state index in [1.807, 2.05) is 0 Å². The van der Waals surface area contributed by atoms with Crippen LogP contribution in [0.25, 0.3) is 6.08 Å². The van der Waals surface area contributed by atoms with Crippen LogP contribution in [0.5, 0.6) is 5.75 Å². The predicted octanol–water partition coefficient (Wildman–Crippen LogP) is 0.523. The molecule has 0 saturated carbocycles. The summed E-state index contributed by atoms with van der Waals surface area (Å²) in [6, 6.07) is 6.81. The largest absolute Gasteiger partial charge is 0.484 e. The number of carbonyl (C=O) groups excluding carboxylic acids is 3. The Morgan fingerprint density at radius 3 is 2.25 bits per heavy atom. The molecule has 2 saturated heterocycles. The van der Waals surface area contributed by atoms with Crippen molar-refractivity contribution in [2.24, 2.45) is 0 Å². The Labute approximate surface area is 168 Å². The molecule has 0 unspecified atom stereocenters. The van der Waals surface area contributed by atoms with Crippen LogP contribution in [-0.2, 0) is 19.1 Å². The monoisotopic (exact) mass is 403 g/mol. The predicted molar refractivity (Wildman–Crippen MR) is 105 cm³/mol. The summed E-state index contributed by atoms with van der Waals surface area (Å²) in [5.41, 5.74) is 0.702. The molecule has 2 aliphatic heterocycles. The number of benzene rings is 1. The van der Waals surface area contributed by atoms with Gasteiger partial charge in [0.25, 0.3) is 17.7 Å². The molecule has 0 aromatic heterocycles. The third kappa shape index (κ3) is 4.20. The van der Waals surface area contributed by atoms with Crippen LogP contribution in [0.3, 0.4) is 0 Å². The maximum Gasteiger partial charge on any atom is 0.265 e. The first kappa shape index (κ1) is 20.0. The van der Waals surface area contributed by atoms with E-state index in [0.29, 0.717) is 37.6 Å². The first-order valence-corrected chi connectivity index (χ1v) is 9.19. The zero-order chi connectivity index (χ0) is 20.3. The lowest BCUT2D eigenvalue weighted by Gasteiger charge is -2.31. The maximum atomic E-state index is 12.3. The van der Waals surface area contributed by atoms with Crippen LogP contribution in [-0.4, -0.2) is 84.5 Å². The highest BCUT2D eigenvalue weighted by atomic mass is 32.1. The van der Waals surface area contributed by atoms with Gasteiger partial charge in [-0.15, -0.1) is 0 Å². The first-order valence-electron chi connectivity index (χ1n) is 8.78. The lowest BCUT2D eigenvalue weighted by Crippen LogP contribution is -2.52. The van der Waals surface area contributed by atoms with Crippen molar-refractivity contribution in [2.75, 3.05) is 47.0 Å². The van der Waals surface area contributed by atoms with E-state index in [1.165, 1.54) is 30.0 Å². The second kappa shape index (κ2) is 8.49. The second-order valence-corrected chi connectivity index (χ2v) is 6.78. The number of hydrogen-bond acceptors (Lipinski definition) is 6. The number of amides is 3. The number of ether oxygens (including phenoxy) is 2. The van der Waals surface area contributed by atoms with Gasteiger partial charge in [0.2, 0.25) is 0 Å². The number of likely N-dealkylation sites (N-methyl/N-ethyl adjacent to an activating group) is 2. The van der Waals surface area contributed by atoms with Gasteiger partial charge in [-0.2, -0.15) is 0 Å². The zero-order valence-electron chi connectivity index (χ0n) is 15.7. The van der Waals surface area contributed by atoms with Crippen molar-refractivity contribution < 1.29 is 23.9 Å². The highest BCUT2D eigenvalue weighted by molar-refractivity contribution is 7.80. The van der Waals surface area contributed by atoms with Crippen molar-refractivity contribution in [3.63, 3.8) is 0 Å². The SMILES string of the molecule is CN1C(=O)C(=Cc2ccc(OCC(=O)N3CCOCC3)cc2)C(=O)N(C)C1=S. The fourth-order valence-corrected chi connectivity index (χ4v) is 3.02. The molecule has 2 aliphatic rings. The summed E-state index contributed by atoms with van der Waals surface area (Å²) in [6.45, 7) is 2.18. The van der Waals surface area contributed by atoms with Gasteiger partial charge in [-0.05, 0) is 36.0 Å². The Morgan fingerprint density at radius 2 is 1.68 bits per heavy atom. The van der Waals surface area contributed by atoms with Crippen LogP contribution in [0, 0.1) is 0 Å². The van der Waals surface area contributed by atoms with E-state index in [0.717, 1.165) is 0 Å². The minimum Gasteiger partial charge on any atom is -0.484 e. The molecule has 0 spiro atoms. The van der Waals surface area contributed by atoms with Crippen LogP contribution in [0.2, 0.25) is 0 Å². The molecule has 2 heterocycles. The van der Waals surface area contributed by atoms with Crippen LogP contribution >= 0.6 is 12.2 Å². The van der Waals surface area contributed by atoms with E-state index in [2.05, 4.69) is 0 Å². The average Bonchev–Trinajstić information content (AvgIpc) is 2.73. The number of nitrogens with zero attached hydrogens (tertiary/aromatic N) is 3. The number of rotatable bonds is 4. The molecule has 9 heteroatoms. The molecule has 28 heavy (non-hydrogen) atoms. The number of morpholine rings is 1. The van der Waals surface area contributed by atoms with Crippen LogP contribution in [0.4, 0.5) is 0 Å². The lowest BCUT2D eigenvalue weighted by molar-refractivity contribution is -0.137.